The van der Waals surface area contributed by atoms with Gasteiger partial charge in [-0.15, -0.1) is 0 Å². The Labute approximate surface area is 133 Å². The largest absolute Gasteiger partial charge is 0.493 e. The predicted molar refractivity (Wildman–Crippen MR) is 84.8 cm³/mol. The van der Waals surface area contributed by atoms with Crippen LogP contribution in [0.5, 0.6) is 11.5 Å². The highest BCUT2D eigenvalue weighted by Gasteiger charge is 2.27. The third-order valence-corrected chi connectivity index (χ3v) is 3.78. The Balaban J connectivity index is 2.03. The average molecular weight is 319 g/mol. The number of carbonyl (C=O) groups is 1. The van der Waals surface area contributed by atoms with E-state index in [9.17, 15) is 4.79 Å². The lowest BCUT2D eigenvalue weighted by Gasteiger charge is -2.29. The topological polar surface area (TPSA) is 59.6 Å². The summed E-state index contributed by atoms with van der Waals surface area (Å²) in [6.07, 6.45) is -0.427. The fourth-order valence-electron chi connectivity index (χ4n) is 2.53. The summed E-state index contributed by atoms with van der Waals surface area (Å²) in [7, 11) is 3.14. The fourth-order valence-corrected chi connectivity index (χ4v) is 2.70. The lowest BCUT2D eigenvalue weighted by atomic mass is 10.0. The molecule has 3 rings (SSSR count). The second-order valence-electron chi connectivity index (χ2n) is 4.82. The molecule has 0 fully saturated rings. The number of anilines is 1. The van der Waals surface area contributed by atoms with Gasteiger partial charge in [-0.25, -0.2) is 0 Å². The molecule has 2 aromatic carbocycles. The summed E-state index contributed by atoms with van der Waals surface area (Å²) in [5, 5.41) is 6.73. The van der Waals surface area contributed by atoms with E-state index in [4.69, 9.17) is 21.1 Å². The second kappa shape index (κ2) is 5.77. The Morgan fingerprint density at radius 3 is 2.64 bits per heavy atom. The van der Waals surface area contributed by atoms with E-state index < -0.39 is 6.17 Å². The second-order valence-corrected chi connectivity index (χ2v) is 5.26. The number of nitrogens with one attached hydrogen (secondary N) is 2. The third kappa shape index (κ3) is 2.44. The highest BCUT2D eigenvalue weighted by Crippen LogP contribution is 2.37. The van der Waals surface area contributed by atoms with Crippen LogP contribution in [-0.2, 0) is 0 Å². The predicted octanol–water partition coefficient (Wildman–Crippen LogP) is 3.21. The SMILES string of the molecule is COc1cccc([C@@H]2NC(=O)c3ccc(Cl)cc3N2)c1OC. The van der Waals surface area contributed by atoms with Gasteiger partial charge < -0.3 is 20.1 Å². The molecule has 0 aliphatic carbocycles. The van der Waals surface area contributed by atoms with E-state index >= 15 is 0 Å². The van der Waals surface area contributed by atoms with Gasteiger partial charge in [-0.2, -0.15) is 0 Å². The highest BCUT2D eigenvalue weighted by molar-refractivity contribution is 6.31. The molecule has 0 aromatic heterocycles. The summed E-state index contributed by atoms with van der Waals surface area (Å²) >= 11 is 6.01. The van der Waals surface area contributed by atoms with Crippen LogP contribution in [0.3, 0.4) is 0 Å². The minimum Gasteiger partial charge on any atom is -0.493 e. The minimum atomic E-state index is -0.427. The number of hydrogen-bond acceptors (Lipinski definition) is 4. The van der Waals surface area contributed by atoms with Gasteiger partial charge in [-0.05, 0) is 24.3 Å². The van der Waals surface area contributed by atoms with Crippen LogP contribution in [0.4, 0.5) is 5.69 Å². The molecule has 2 N–H and O–H groups in total. The Morgan fingerprint density at radius 2 is 1.91 bits per heavy atom. The van der Waals surface area contributed by atoms with E-state index in [1.54, 1.807) is 38.5 Å². The number of rotatable bonds is 3. The smallest absolute Gasteiger partial charge is 0.255 e. The Morgan fingerprint density at radius 1 is 1.09 bits per heavy atom. The number of methoxy groups -OCH3 is 2. The van der Waals surface area contributed by atoms with Crippen LogP contribution in [0.2, 0.25) is 5.02 Å². The molecule has 0 radical (unpaired) electrons. The molecule has 0 saturated heterocycles. The maximum atomic E-state index is 12.3. The minimum absolute atomic E-state index is 0.166. The molecule has 1 aliphatic rings. The van der Waals surface area contributed by atoms with Crippen LogP contribution >= 0.6 is 11.6 Å². The van der Waals surface area contributed by atoms with Crippen molar-refractivity contribution in [1.29, 1.82) is 0 Å². The first kappa shape index (κ1) is 14.5. The van der Waals surface area contributed by atoms with Crippen molar-refractivity contribution in [2.24, 2.45) is 0 Å². The maximum Gasteiger partial charge on any atom is 0.255 e. The molecule has 22 heavy (non-hydrogen) atoms. The number of halogens is 1. The van der Waals surface area contributed by atoms with Gasteiger partial charge in [0.2, 0.25) is 0 Å². The molecule has 5 nitrogen and oxygen atoms in total. The molecule has 2 aromatic rings. The van der Waals surface area contributed by atoms with Gasteiger partial charge in [-0.1, -0.05) is 23.7 Å². The van der Waals surface area contributed by atoms with Gasteiger partial charge in [0.25, 0.3) is 5.91 Å². The van der Waals surface area contributed by atoms with Crippen LogP contribution in [0.1, 0.15) is 22.1 Å². The first-order valence-corrected chi connectivity index (χ1v) is 7.09. The quantitative estimate of drug-likeness (QED) is 0.912. The molecule has 0 bridgehead atoms. The van der Waals surface area contributed by atoms with E-state index in [-0.39, 0.29) is 5.91 Å². The van der Waals surface area contributed by atoms with Crippen LogP contribution < -0.4 is 20.1 Å². The number of carbonyl (C=O) groups excluding carboxylic acids is 1. The highest BCUT2D eigenvalue weighted by atomic mass is 35.5. The molecule has 0 unspecified atom stereocenters. The standard InChI is InChI=1S/C16H15ClN2O3/c1-21-13-5-3-4-11(14(13)22-2)15-18-12-8-9(17)6-7-10(12)16(20)19-15/h3-8,15,18H,1-2H3,(H,19,20)/t15-/m0/s1. The van der Waals surface area contributed by atoms with E-state index in [1.807, 2.05) is 12.1 Å². The van der Waals surface area contributed by atoms with Crippen LogP contribution in [-0.4, -0.2) is 20.1 Å². The number of hydrogen-bond donors (Lipinski definition) is 2. The molecule has 0 saturated carbocycles. The average Bonchev–Trinajstić information content (AvgIpc) is 2.53. The Bertz CT molecular complexity index is 733. The van der Waals surface area contributed by atoms with E-state index in [2.05, 4.69) is 10.6 Å². The summed E-state index contributed by atoms with van der Waals surface area (Å²) in [4.78, 5) is 12.3. The fraction of sp³-hybridized carbons (Fsp3) is 0.188. The van der Waals surface area contributed by atoms with Gasteiger partial charge in [0.05, 0.1) is 25.5 Å². The van der Waals surface area contributed by atoms with Crippen molar-refractivity contribution in [2.45, 2.75) is 6.17 Å². The van der Waals surface area contributed by atoms with Gasteiger partial charge in [-0.3, -0.25) is 4.79 Å². The number of amides is 1. The summed E-state index contributed by atoms with van der Waals surface area (Å²) in [5.74, 6) is 1.02. The van der Waals surface area contributed by atoms with Crippen molar-refractivity contribution in [1.82, 2.24) is 5.32 Å². The molecule has 1 heterocycles. The Kier molecular flexibility index (Phi) is 3.81. The van der Waals surface area contributed by atoms with Gasteiger partial charge in [0, 0.05) is 10.6 Å². The zero-order chi connectivity index (χ0) is 15.7. The first-order valence-electron chi connectivity index (χ1n) is 6.72. The van der Waals surface area contributed by atoms with Crippen molar-refractivity contribution in [2.75, 3.05) is 19.5 Å². The molecule has 1 amide bonds. The molecule has 6 heteroatoms. The van der Waals surface area contributed by atoms with E-state index in [1.165, 1.54) is 0 Å². The lowest BCUT2D eigenvalue weighted by Crippen LogP contribution is -2.38. The van der Waals surface area contributed by atoms with Gasteiger partial charge >= 0.3 is 0 Å². The first-order chi connectivity index (χ1) is 10.6. The maximum absolute atomic E-state index is 12.3. The number of para-hydroxylation sites is 1. The molecular formula is C16H15ClN2O3. The van der Waals surface area contributed by atoms with Crippen LogP contribution in [0, 0.1) is 0 Å². The monoisotopic (exact) mass is 318 g/mol. The normalized spacial score (nSPS) is 16.3. The summed E-state index contributed by atoms with van der Waals surface area (Å²) in [6, 6.07) is 10.6. The van der Waals surface area contributed by atoms with Crippen LogP contribution in [0.15, 0.2) is 36.4 Å². The number of benzene rings is 2. The summed E-state index contributed by atoms with van der Waals surface area (Å²) < 4.78 is 10.7. The third-order valence-electron chi connectivity index (χ3n) is 3.55. The summed E-state index contributed by atoms with van der Waals surface area (Å²) in [5.41, 5.74) is 2.02. The van der Waals surface area contributed by atoms with Gasteiger partial charge in [0.15, 0.2) is 11.5 Å². The van der Waals surface area contributed by atoms with E-state index in [0.29, 0.717) is 27.8 Å². The van der Waals surface area contributed by atoms with Crippen molar-refractivity contribution in [3.05, 3.63) is 52.5 Å². The lowest BCUT2D eigenvalue weighted by molar-refractivity contribution is 0.0935. The summed E-state index contributed by atoms with van der Waals surface area (Å²) in [6.45, 7) is 0. The van der Waals surface area contributed by atoms with Crippen molar-refractivity contribution >= 4 is 23.2 Å². The van der Waals surface area contributed by atoms with Crippen molar-refractivity contribution in [3.63, 3.8) is 0 Å². The molecule has 1 atom stereocenters. The van der Waals surface area contributed by atoms with E-state index in [0.717, 1.165) is 5.56 Å². The van der Waals surface area contributed by atoms with Crippen molar-refractivity contribution in [3.8, 4) is 11.5 Å². The zero-order valence-corrected chi connectivity index (χ0v) is 12.9. The van der Waals surface area contributed by atoms with Crippen LogP contribution in [0.25, 0.3) is 0 Å². The van der Waals surface area contributed by atoms with Gasteiger partial charge in [0.1, 0.15) is 6.17 Å². The molecule has 0 spiro atoms. The molecule has 114 valence electrons. The molecular weight excluding hydrogens is 304 g/mol. The van der Waals surface area contributed by atoms with Crippen molar-refractivity contribution < 1.29 is 14.3 Å². The number of ether oxygens (including phenoxy) is 2. The zero-order valence-electron chi connectivity index (χ0n) is 12.1. The molecule has 1 aliphatic heterocycles. The number of fused-ring (bicyclic) bond motifs is 1. The Hall–Kier alpha value is -2.40.